The first-order chi connectivity index (χ1) is 19.3. The van der Waals surface area contributed by atoms with Crippen molar-refractivity contribution >= 4 is 23.4 Å². The normalized spacial score (nSPS) is 12.3. The van der Waals surface area contributed by atoms with Crippen LogP contribution in [0.2, 0.25) is 5.02 Å². The standard InChI is InChI=1S/C33H41ClN2O4/c1-5-24(4)35-33(38)29(21-25-11-9-8-10-12-25)36(23-27-13-17-28(34)18-14-27)32(37)20-16-26-15-19-30(39-6-2)31(22-26)40-7-3/h8-15,17-19,22,24,29H,5-7,16,20-21,23H2,1-4H3,(H,35,38). The van der Waals surface area contributed by atoms with E-state index in [4.69, 9.17) is 21.1 Å². The Kier molecular flexibility index (Phi) is 12.4. The number of nitrogens with one attached hydrogen (secondary N) is 1. The topological polar surface area (TPSA) is 67.9 Å². The summed E-state index contributed by atoms with van der Waals surface area (Å²) in [4.78, 5) is 29.3. The van der Waals surface area contributed by atoms with Gasteiger partial charge in [-0.25, -0.2) is 0 Å². The molecular formula is C33H41ClN2O4. The highest BCUT2D eigenvalue weighted by Crippen LogP contribution is 2.29. The van der Waals surface area contributed by atoms with Gasteiger partial charge in [-0.15, -0.1) is 0 Å². The van der Waals surface area contributed by atoms with Gasteiger partial charge in [-0.2, -0.15) is 0 Å². The van der Waals surface area contributed by atoms with Crippen molar-refractivity contribution in [1.82, 2.24) is 10.2 Å². The third-order valence-corrected chi connectivity index (χ3v) is 7.03. The molecule has 0 aliphatic heterocycles. The van der Waals surface area contributed by atoms with Crippen LogP contribution in [-0.2, 0) is 29.0 Å². The summed E-state index contributed by atoms with van der Waals surface area (Å²) in [5, 5.41) is 3.73. The molecule has 214 valence electrons. The van der Waals surface area contributed by atoms with Crippen LogP contribution in [0.1, 0.15) is 57.2 Å². The molecule has 0 aliphatic rings. The number of ether oxygens (including phenoxy) is 2. The van der Waals surface area contributed by atoms with E-state index >= 15 is 0 Å². The van der Waals surface area contributed by atoms with Crippen LogP contribution in [-0.4, -0.2) is 42.0 Å². The summed E-state index contributed by atoms with van der Waals surface area (Å²) in [6, 6.07) is 22.3. The number of aryl methyl sites for hydroxylation is 1. The van der Waals surface area contributed by atoms with Gasteiger partial charge in [0.15, 0.2) is 11.5 Å². The van der Waals surface area contributed by atoms with Crippen LogP contribution < -0.4 is 14.8 Å². The van der Waals surface area contributed by atoms with Gasteiger partial charge in [-0.1, -0.05) is 67.1 Å². The van der Waals surface area contributed by atoms with Gasteiger partial charge in [0.25, 0.3) is 0 Å². The number of carbonyl (C=O) groups is 2. The predicted molar refractivity (Wildman–Crippen MR) is 161 cm³/mol. The van der Waals surface area contributed by atoms with Gasteiger partial charge in [-0.3, -0.25) is 9.59 Å². The van der Waals surface area contributed by atoms with E-state index in [2.05, 4.69) is 5.32 Å². The molecule has 0 aromatic heterocycles. The second-order valence-electron chi connectivity index (χ2n) is 9.82. The Morgan fingerprint density at radius 3 is 2.15 bits per heavy atom. The number of nitrogens with zero attached hydrogens (tertiary/aromatic N) is 1. The SMILES string of the molecule is CCOc1ccc(CCC(=O)N(Cc2ccc(Cl)cc2)C(Cc2ccccc2)C(=O)NC(C)CC)cc1OCC. The van der Waals surface area contributed by atoms with Crippen molar-refractivity contribution in [2.75, 3.05) is 13.2 Å². The van der Waals surface area contributed by atoms with Crippen molar-refractivity contribution < 1.29 is 19.1 Å². The average molecular weight is 565 g/mol. The lowest BCUT2D eigenvalue weighted by atomic mass is 10.0. The summed E-state index contributed by atoms with van der Waals surface area (Å²) >= 11 is 6.12. The molecule has 3 rings (SSSR count). The average Bonchev–Trinajstić information content (AvgIpc) is 2.96. The molecule has 0 heterocycles. The minimum absolute atomic E-state index is 0.000835. The smallest absolute Gasteiger partial charge is 0.243 e. The Morgan fingerprint density at radius 2 is 1.50 bits per heavy atom. The first-order valence-electron chi connectivity index (χ1n) is 14.1. The van der Waals surface area contributed by atoms with Gasteiger partial charge in [0.05, 0.1) is 13.2 Å². The van der Waals surface area contributed by atoms with E-state index in [-0.39, 0.29) is 24.3 Å². The maximum absolute atomic E-state index is 13.9. The van der Waals surface area contributed by atoms with Crippen LogP contribution in [0.3, 0.4) is 0 Å². The van der Waals surface area contributed by atoms with Gasteiger partial charge in [0.2, 0.25) is 11.8 Å². The molecule has 6 nitrogen and oxygen atoms in total. The Morgan fingerprint density at radius 1 is 0.850 bits per heavy atom. The molecular weight excluding hydrogens is 524 g/mol. The molecule has 0 aliphatic carbocycles. The van der Waals surface area contributed by atoms with E-state index < -0.39 is 6.04 Å². The lowest BCUT2D eigenvalue weighted by Gasteiger charge is -2.32. The van der Waals surface area contributed by atoms with Crippen LogP contribution in [0.25, 0.3) is 0 Å². The number of halogens is 1. The maximum Gasteiger partial charge on any atom is 0.243 e. The molecule has 40 heavy (non-hydrogen) atoms. The zero-order chi connectivity index (χ0) is 28.9. The van der Waals surface area contributed by atoms with Gasteiger partial charge >= 0.3 is 0 Å². The Balaban J connectivity index is 1.90. The number of carbonyl (C=O) groups excluding carboxylic acids is 2. The Labute approximate surface area is 243 Å². The molecule has 2 unspecified atom stereocenters. The monoisotopic (exact) mass is 564 g/mol. The molecule has 0 bridgehead atoms. The number of hydrogen-bond donors (Lipinski definition) is 1. The van der Waals surface area contributed by atoms with E-state index in [1.54, 1.807) is 17.0 Å². The maximum atomic E-state index is 13.9. The van der Waals surface area contributed by atoms with Gasteiger partial charge in [-0.05, 0) is 74.6 Å². The third-order valence-electron chi connectivity index (χ3n) is 6.77. The Bertz CT molecular complexity index is 1220. The van der Waals surface area contributed by atoms with E-state index in [9.17, 15) is 9.59 Å². The van der Waals surface area contributed by atoms with Crippen molar-refractivity contribution in [3.05, 3.63) is 94.5 Å². The van der Waals surface area contributed by atoms with Crippen LogP contribution in [0, 0.1) is 0 Å². The second kappa shape index (κ2) is 15.9. The highest BCUT2D eigenvalue weighted by atomic mass is 35.5. The number of benzene rings is 3. The van der Waals surface area contributed by atoms with E-state index in [1.807, 2.05) is 88.4 Å². The molecule has 3 aromatic carbocycles. The molecule has 2 atom stereocenters. The number of rotatable bonds is 15. The minimum atomic E-state index is -0.668. The fourth-order valence-corrected chi connectivity index (χ4v) is 4.55. The predicted octanol–water partition coefficient (Wildman–Crippen LogP) is 6.62. The zero-order valence-corrected chi connectivity index (χ0v) is 24.7. The first kappa shape index (κ1) is 31.0. The highest BCUT2D eigenvalue weighted by molar-refractivity contribution is 6.30. The molecule has 0 radical (unpaired) electrons. The zero-order valence-electron chi connectivity index (χ0n) is 24.0. The molecule has 3 aromatic rings. The van der Waals surface area contributed by atoms with Crippen molar-refractivity contribution in [1.29, 1.82) is 0 Å². The molecule has 0 fully saturated rings. The van der Waals surface area contributed by atoms with Crippen LogP contribution in [0.5, 0.6) is 11.5 Å². The van der Waals surface area contributed by atoms with Gasteiger partial charge < -0.3 is 19.7 Å². The van der Waals surface area contributed by atoms with Crippen molar-refractivity contribution in [2.45, 2.75) is 72.0 Å². The summed E-state index contributed by atoms with van der Waals surface area (Å²) in [5.41, 5.74) is 2.87. The largest absolute Gasteiger partial charge is 0.490 e. The van der Waals surface area contributed by atoms with Crippen LogP contribution >= 0.6 is 11.6 Å². The van der Waals surface area contributed by atoms with Crippen molar-refractivity contribution in [3.63, 3.8) is 0 Å². The van der Waals surface area contributed by atoms with Gasteiger partial charge in [0, 0.05) is 30.5 Å². The third kappa shape index (κ3) is 9.30. The van der Waals surface area contributed by atoms with E-state index in [0.717, 1.165) is 23.1 Å². The van der Waals surface area contributed by atoms with E-state index in [1.165, 1.54) is 0 Å². The fourth-order valence-electron chi connectivity index (χ4n) is 4.43. The minimum Gasteiger partial charge on any atom is -0.490 e. The van der Waals surface area contributed by atoms with Crippen LogP contribution in [0.4, 0.5) is 0 Å². The quantitative estimate of drug-likeness (QED) is 0.225. The van der Waals surface area contributed by atoms with Crippen molar-refractivity contribution in [3.8, 4) is 11.5 Å². The molecule has 0 saturated carbocycles. The number of amides is 2. The van der Waals surface area contributed by atoms with Crippen LogP contribution in [0.15, 0.2) is 72.8 Å². The molecule has 2 amide bonds. The summed E-state index contributed by atoms with van der Waals surface area (Å²) in [5.74, 6) is 1.11. The first-order valence-corrected chi connectivity index (χ1v) is 14.5. The molecule has 0 spiro atoms. The molecule has 7 heteroatoms. The van der Waals surface area contributed by atoms with E-state index in [0.29, 0.717) is 49.1 Å². The second-order valence-corrected chi connectivity index (χ2v) is 10.3. The lowest BCUT2D eigenvalue weighted by Crippen LogP contribution is -2.52. The fraction of sp³-hybridized carbons (Fsp3) is 0.394. The lowest BCUT2D eigenvalue weighted by molar-refractivity contribution is -0.141. The summed E-state index contributed by atoms with van der Waals surface area (Å²) < 4.78 is 11.5. The van der Waals surface area contributed by atoms with Gasteiger partial charge in [0.1, 0.15) is 6.04 Å². The molecule has 1 N–H and O–H groups in total. The summed E-state index contributed by atoms with van der Waals surface area (Å²) in [6.45, 7) is 9.22. The summed E-state index contributed by atoms with van der Waals surface area (Å²) in [6.07, 6.45) is 1.97. The van der Waals surface area contributed by atoms with Crippen molar-refractivity contribution in [2.24, 2.45) is 0 Å². The molecule has 0 saturated heterocycles. The number of hydrogen-bond acceptors (Lipinski definition) is 4. The highest BCUT2D eigenvalue weighted by Gasteiger charge is 2.30. The Hall–Kier alpha value is -3.51. The summed E-state index contributed by atoms with van der Waals surface area (Å²) in [7, 11) is 0.